The molecule has 0 unspecified atom stereocenters. The van der Waals surface area contributed by atoms with Gasteiger partial charge in [-0.2, -0.15) is 0 Å². The van der Waals surface area contributed by atoms with E-state index in [0.717, 1.165) is 18.1 Å². The van der Waals surface area contributed by atoms with Gasteiger partial charge in [-0.25, -0.2) is 9.97 Å². The first-order valence-electron chi connectivity index (χ1n) is 4.92. The Kier molecular flexibility index (Phi) is 2.87. The van der Waals surface area contributed by atoms with Crippen LogP contribution in [-0.2, 0) is 0 Å². The lowest BCUT2D eigenvalue weighted by molar-refractivity contribution is 0.805. The van der Waals surface area contributed by atoms with Crippen LogP contribution in [0, 0.1) is 6.92 Å². The minimum atomic E-state index is 0.652. The second-order valence-electron chi connectivity index (χ2n) is 3.63. The summed E-state index contributed by atoms with van der Waals surface area (Å²) in [5, 5.41) is 0. The molecule has 0 bridgehead atoms. The molecule has 2 rings (SSSR count). The molecule has 1 saturated carbocycles. The van der Waals surface area contributed by atoms with Crippen molar-refractivity contribution in [1.29, 1.82) is 0 Å². The molecule has 14 heavy (non-hydrogen) atoms. The predicted octanol–water partition coefficient (Wildman–Crippen LogP) is 1.99. The summed E-state index contributed by atoms with van der Waals surface area (Å²) in [4.78, 5) is 10.6. The molecule has 3 nitrogen and oxygen atoms in total. The van der Waals surface area contributed by atoms with Gasteiger partial charge < -0.3 is 4.90 Å². The summed E-state index contributed by atoms with van der Waals surface area (Å²) in [6.45, 7) is 2.86. The van der Waals surface area contributed by atoms with Gasteiger partial charge in [-0.3, -0.25) is 0 Å². The maximum absolute atomic E-state index is 5.77. The number of hydrogen-bond acceptors (Lipinski definition) is 3. The van der Waals surface area contributed by atoms with Crippen LogP contribution in [0.25, 0.3) is 0 Å². The Bertz CT molecular complexity index is 312. The van der Waals surface area contributed by atoms with Crippen molar-refractivity contribution in [2.45, 2.75) is 25.8 Å². The number of anilines is 1. The molecule has 0 spiro atoms. The second kappa shape index (κ2) is 4.13. The fraction of sp³-hybridized carbons (Fsp3) is 0.600. The van der Waals surface area contributed by atoms with Crippen LogP contribution in [0.3, 0.4) is 0 Å². The molecule has 1 heterocycles. The summed E-state index contributed by atoms with van der Waals surface area (Å²) in [6.07, 6.45) is 4.15. The highest BCUT2D eigenvalue weighted by atomic mass is 35.5. The summed E-state index contributed by atoms with van der Waals surface area (Å²) >= 11 is 5.77. The van der Waals surface area contributed by atoms with Crippen molar-refractivity contribution < 1.29 is 0 Å². The molecule has 1 aromatic heterocycles. The summed E-state index contributed by atoms with van der Waals surface area (Å²) in [7, 11) is 0. The van der Waals surface area contributed by atoms with E-state index in [9.17, 15) is 0 Å². The van der Waals surface area contributed by atoms with E-state index in [1.165, 1.54) is 12.8 Å². The Morgan fingerprint density at radius 3 is 2.86 bits per heavy atom. The Balaban J connectivity index is 2.16. The van der Waals surface area contributed by atoms with Gasteiger partial charge in [0.15, 0.2) is 0 Å². The molecule has 1 fully saturated rings. The van der Waals surface area contributed by atoms with Gasteiger partial charge in [0.05, 0.1) is 0 Å². The van der Waals surface area contributed by atoms with E-state index in [1.54, 1.807) is 6.33 Å². The first-order valence-corrected chi connectivity index (χ1v) is 5.46. The van der Waals surface area contributed by atoms with Crippen molar-refractivity contribution in [3.63, 3.8) is 0 Å². The van der Waals surface area contributed by atoms with Crippen molar-refractivity contribution >= 4 is 17.4 Å². The molecule has 0 saturated heterocycles. The summed E-state index contributed by atoms with van der Waals surface area (Å²) in [5.74, 6) is 1.67. The van der Waals surface area contributed by atoms with Crippen molar-refractivity contribution in [1.82, 2.24) is 9.97 Å². The third kappa shape index (κ3) is 2.15. The predicted molar refractivity (Wildman–Crippen MR) is 57.9 cm³/mol. The monoisotopic (exact) mass is 211 g/mol. The summed E-state index contributed by atoms with van der Waals surface area (Å²) < 4.78 is 0. The largest absolute Gasteiger partial charge is 0.352 e. The average Bonchev–Trinajstić information content (AvgIpc) is 2.97. The molecule has 4 heteroatoms. The zero-order chi connectivity index (χ0) is 9.97. The molecule has 0 aliphatic heterocycles. The van der Waals surface area contributed by atoms with Gasteiger partial charge in [-0.05, 0) is 19.8 Å². The molecular weight excluding hydrogens is 198 g/mol. The lowest BCUT2D eigenvalue weighted by Crippen LogP contribution is -2.28. The molecule has 0 aromatic carbocycles. The Morgan fingerprint density at radius 1 is 1.50 bits per heavy atom. The third-order valence-corrected chi connectivity index (χ3v) is 2.57. The topological polar surface area (TPSA) is 29.0 Å². The lowest BCUT2D eigenvalue weighted by atomic mass is 10.4. The van der Waals surface area contributed by atoms with E-state index in [4.69, 9.17) is 11.6 Å². The SMILES string of the molecule is Cc1cc(N(CCCl)C2CC2)ncn1. The average molecular weight is 212 g/mol. The van der Waals surface area contributed by atoms with Crippen LogP contribution in [0.15, 0.2) is 12.4 Å². The molecule has 0 atom stereocenters. The van der Waals surface area contributed by atoms with Gasteiger partial charge in [0.2, 0.25) is 0 Å². The fourth-order valence-corrected chi connectivity index (χ4v) is 1.74. The van der Waals surface area contributed by atoms with E-state index in [-0.39, 0.29) is 0 Å². The summed E-state index contributed by atoms with van der Waals surface area (Å²) in [6, 6.07) is 2.67. The van der Waals surface area contributed by atoms with Crippen molar-refractivity contribution in [3.05, 3.63) is 18.1 Å². The Hall–Kier alpha value is -0.830. The lowest BCUT2D eigenvalue weighted by Gasteiger charge is -2.22. The van der Waals surface area contributed by atoms with E-state index in [0.29, 0.717) is 11.9 Å². The molecule has 76 valence electrons. The van der Waals surface area contributed by atoms with Gasteiger partial charge in [0, 0.05) is 30.2 Å². The first-order chi connectivity index (χ1) is 6.81. The van der Waals surface area contributed by atoms with Crippen LogP contribution in [0.4, 0.5) is 5.82 Å². The van der Waals surface area contributed by atoms with Gasteiger partial charge in [-0.1, -0.05) is 0 Å². The zero-order valence-electron chi connectivity index (χ0n) is 8.28. The quantitative estimate of drug-likeness (QED) is 0.714. The number of aromatic nitrogens is 2. The number of rotatable bonds is 4. The second-order valence-corrected chi connectivity index (χ2v) is 4.01. The zero-order valence-corrected chi connectivity index (χ0v) is 9.04. The van der Waals surface area contributed by atoms with E-state index in [2.05, 4.69) is 14.9 Å². The van der Waals surface area contributed by atoms with E-state index < -0.39 is 0 Å². The van der Waals surface area contributed by atoms with Crippen LogP contribution >= 0.6 is 11.6 Å². The van der Waals surface area contributed by atoms with Crippen molar-refractivity contribution in [2.75, 3.05) is 17.3 Å². The first kappa shape index (κ1) is 9.71. The highest BCUT2D eigenvalue weighted by molar-refractivity contribution is 6.18. The molecule has 0 amide bonds. The summed E-state index contributed by atoms with van der Waals surface area (Å²) in [5.41, 5.74) is 1.01. The molecular formula is C10H14ClN3. The minimum Gasteiger partial charge on any atom is -0.352 e. The number of alkyl halides is 1. The molecule has 1 aliphatic carbocycles. The Morgan fingerprint density at radius 2 is 2.29 bits per heavy atom. The third-order valence-electron chi connectivity index (χ3n) is 2.40. The Labute approximate surface area is 89.1 Å². The number of nitrogens with zero attached hydrogens (tertiary/aromatic N) is 3. The minimum absolute atomic E-state index is 0.652. The number of aryl methyl sites for hydroxylation is 1. The van der Waals surface area contributed by atoms with Gasteiger partial charge >= 0.3 is 0 Å². The molecule has 1 aliphatic rings. The number of hydrogen-bond donors (Lipinski definition) is 0. The van der Waals surface area contributed by atoms with Crippen LogP contribution in [0.1, 0.15) is 18.5 Å². The highest BCUT2D eigenvalue weighted by Crippen LogP contribution is 2.30. The maximum atomic E-state index is 5.77. The maximum Gasteiger partial charge on any atom is 0.132 e. The van der Waals surface area contributed by atoms with Gasteiger partial charge in [0.1, 0.15) is 12.1 Å². The molecule has 0 radical (unpaired) electrons. The van der Waals surface area contributed by atoms with Crippen LogP contribution < -0.4 is 4.90 Å². The van der Waals surface area contributed by atoms with E-state index >= 15 is 0 Å². The molecule has 0 N–H and O–H groups in total. The standard InChI is InChI=1S/C10H14ClN3/c1-8-6-10(13-7-12-8)14(5-4-11)9-2-3-9/h6-7,9H,2-5H2,1H3. The normalized spacial score (nSPS) is 15.6. The van der Waals surface area contributed by atoms with E-state index in [1.807, 2.05) is 13.0 Å². The van der Waals surface area contributed by atoms with Crippen molar-refractivity contribution in [3.8, 4) is 0 Å². The van der Waals surface area contributed by atoms with Crippen LogP contribution in [0.5, 0.6) is 0 Å². The van der Waals surface area contributed by atoms with Crippen molar-refractivity contribution in [2.24, 2.45) is 0 Å². The fourth-order valence-electron chi connectivity index (χ4n) is 1.56. The van der Waals surface area contributed by atoms with Gasteiger partial charge in [0.25, 0.3) is 0 Å². The van der Waals surface area contributed by atoms with Crippen LogP contribution in [-0.4, -0.2) is 28.4 Å². The molecule has 1 aromatic rings. The highest BCUT2D eigenvalue weighted by Gasteiger charge is 2.29. The van der Waals surface area contributed by atoms with Gasteiger partial charge in [-0.15, -0.1) is 11.6 Å². The smallest absolute Gasteiger partial charge is 0.132 e. The number of halogens is 1. The van der Waals surface area contributed by atoms with Crippen LogP contribution in [0.2, 0.25) is 0 Å².